The third-order valence-electron chi connectivity index (χ3n) is 3.23. The van der Waals surface area contributed by atoms with Crippen LogP contribution in [0.4, 0.5) is 0 Å². The maximum atomic E-state index is 11.1. The van der Waals surface area contributed by atoms with Gasteiger partial charge in [-0.15, -0.1) is 0 Å². The Hall–Kier alpha value is -0.530. The van der Waals surface area contributed by atoms with Crippen LogP contribution in [0.2, 0.25) is 0 Å². The van der Waals surface area contributed by atoms with Crippen LogP contribution < -0.4 is 5.32 Å². The summed E-state index contributed by atoms with van der Waals surface area (Å²) in [6.45, 7) is 2.24. The monoisotopic (exact) mass is 153 g/mol. The summed E-state index contributed by atoms with van der Waals surface area (Å²) in [5.41, 5.74) is 0.301. The number of amides is 1. The van der Waals surface area contributed by atoms with Gasteiger partial charge in [0, 0.05) is 12.5 Å². The van der Waals surface area contributed by atoms with Gasteiger partial charge in [0.15, 0.2) is 0 Å². The molecule has 2 atom stereocenters. The average molecular weight is 153 g/mol. The van der Waals surface area contributed by atoms with Crippen LogP contribution in [0.15, 0.2) is 0 Å². The van der Waals surface area contributed by atoms with E-state index in [1.54, 1.807) is 0 Å². The molecule has 1 amide bonds. The minimum Gasteiger partial charge on any atom is -0.353 e. The molecule has 0 aromatic rings. The van der Waals surface area contributed by atoms with Crippen LogP contribution in [-0.2, 0) is 4.79 Å². The summed E-state index contributed by atoms with van der Waals surface area (Å²) in [7, 11) is 0. The van der Waals surface area contributed by atoms with Gasteiger partial charge < -0.3 is 5.32 Å². The maximum Gasteiger partial charge on any atom is 0.220 e. The molecule has 0 radical (unpaired) electrons. The molecule has 1 saturated carbocycles. The van der Waals surface area contributed by atoms with Crippen LogP contribution in [0.3, 0.4) is 0 Å². The molecule has 1 heterocycles. The molecule has 0 aromatic carbocycles. The van der Waals surface area contributed by atoms with E-state index in [4.69, 9.17) is 0 Å². The van der Waals surface area contributed by atoms with Crippen molar-refractivity contribution in [3.63, 3.8) is 0 Å². The lowest BCUT2D eigenvalue weighted by Crippen LogP contribution is -2.37. The van der Waals surface area contributed by atoms with Gasteiger partial charge in [-0.1, -0.05) is 19.8 Å². The van der Waals surface area contributed by atoms with Crippen molar-refractivity contribution in [2.75, 3.05) is 0 Å². The van der Waals surface area contributed by atoms with Crippen LogP contribution >= 0.6 is 0 Å². The molecule has 2 fully saturated rings. The first-order valence-electron chi connectivity index (χ1n) is 4.50. The van der Waals surface area contributed by atoms with Crippen molar-refractivity contribution in [3.05, 3.63) is 0 Å². The van der Waals surface area contributed by atoms with Crippen LogP contribution in [0.5, 0.6) is 0 Å². The Morgan fingerprint density at radius 1 is 1.55 bits per heavy atom. The predicted octanol–water partition coefficient (Wildman–Crippen LogP) is 1.46. The highest BCUT2D eigenvalue weighted by molar-refractivity contribution is 5.79. The van der Waals surface area contributed by atoms with E-state index in [2.05, 4.69) is 12.2 Å². The minimum atomic E-state index is 0.263. The van der Waals surface area contributed by atoms with Gasteiger partial charge in [-0.05, 0) is 18.3 Å². The molecule has 0 aromatic heterocycles. The highest BCUT2D eigenvalue weighted by atomic mass is 16.2. The Bertz CT molecular complexity index is 190. The normalized spacial score (nSPS) is 43.4. The molecule has 62 valence electrons. The number of hydrogen-bond acceptors (Lipinski definition) is 1. The van der Waals surface area contributed by atoms with Crippen molar-refractivity contribution in [2.45, 2.75) is 45.1 Å². The summed E-state index contributed by atoms with van der Waals surface area (Å²) in [4.78, 5) is 11.1. The topological polar surface area (TPSA) is 29.1 Å². The van der Waals surface area contributed by atoms with Crippen molar-refractivity contribution in [2.24, 2.45) is 5.41 Å². The molecule has 11 heavy (non-hydrogen) atoms. The summed E-state index contributed by atoms with van der Waals surface area (Å²) >= 11 is 0. The summed E-state index contributed by atoms with van der Waals surface area (Å²) in [5, 5.41) is 3.06. The fourth-order valence-corrected chi connectivity index (χ4v) is 2.47. The lowest BCUT2D eigenvalue weighted by Gasteiger charge is -2.34. The van der Waals surface area contributed by atoms with Crippen molar-refractivity contribution in [3.8, 4) is 0 Å². The van der Waals surface area contributed by atoms with E-state index in [1.165, 1.54) is 25.7 Å². The van der Waals surface area contributed by atoms with Crippen molar-refractivity contribution >= 4 is 5.91 Å². The maximum absolute atomic E-state index is 11.1. The molecule has 1 aliphatic heterocycles. The molecule has 2 nitrogen and oxygen atoms in total. The highest BCUT2D eigenvalue weighted by Crippen LogP contribution is 2.42. The van der Waals surface area contributed by atoms with Gasteiger partial charge in [0.05, 0.1) is 0 Å². The van der Waals surface area contributed by atoms with Crippen LogP contribution in [-0.4, -0.2) is 11.9 Å². The second-order valence-corrected chi connectivity index (χ2v) is 4.20. The summed E-state index contributed by atoms with van der Waals surface area (Å²) in [6, 6.07) is 0.490. The Kier molecular flexibility index (Phi) is 1.44. The first-order valence-corrected chi connectivity index (χ1v) is 4.50. The molecule has 2 rings (SSSR count). The van der Waals surface area contributed by atoms with Gasteiger partial charge in [-0.2, -0.15) is 0 Å². The van der Waals surface area contributed by atoms with E-state index >= 15 is 0 Å². The van der Waals surface area contributed by atoms with Gasteiger partial charge in [-0.3, -0.25) is 4.79 Å². The van der Waals surface area contributed by atoms with Crippen LogP contribution in [0.25, 0.3) is 0 Å². The van der Waals surface area contributed by atoms with Crippen LogP contribution in [0.1, 0.15) is 39.0 Å². The highest BCUT2D eigenvalue weighted by Gasteiger charge is 2.43. The molecular formula is C9H15NO. The summed E-state index contributed by atoms with van der Waals surface area (Å²) in [5.74, 6) is 0.263. The Labute approximate surface area is 67.4 Å². The average Bonchev–Trinajstić information content (AvgIpc) is 2.22. The molecule has 0 spiro atoms. The third-order valence-corrected chi connectivity index (χ3v) is 3.23. The van der Waals surface area contributed by atoms with Gasteiger partial charge >= 0.3 is 0 Å². The zero-order valence-corrected chi connectivity index (χ0v) is 7.02. The molecule has 1 N–H and O–H groups in total. The molecule has 0 bridgehead atoms. The van der Waals surface area contributed by atoms with E-state index in [0.29, 0.717) is 11.5 Å². The summed E-state index contributed by atoms with van der Waals surface area (Å²) in [6.07, 6.45) is 5.79. The smallest absolute Gasteiger partial charge is 0.220 e. The minimum absolute atomic E-state index is 0.263. The molecule has 1 aliphatic carbocycles. The van der Waals surface area contributed by atoms with Crippen LogP contribution in [0, 0.1) is 5.41 Å². The van der Waals surface area contributed by atoms with Gasteiger partial charge in [0.1, 0.15) is 0 Å². The second kappa shape index (κ2) is 2.23. The first-order chi connectivity index (χ1) is 5.21. The standard InChI is InChI=1S/C9H15NO/c1-9-5-3-2-4-7(9)10-8(11)6-9/h7H,2-6H2,1H3,(H,10,11). The number of hydrogen-bond donors (Lipinski definition) is 1. The van der Waals surface area contributed by atoms with E-state index in [1.807, 2.05) is 0 Å². The lowest BCUT2D eigenvalue weighted by atomic mass is 9.72. The number of rotatable bonds is 0. The number of fused-ring (bicyclic) bond motifs is 1. The molecule has 2 unspecified atom stereocenters. The van der Waals surface area contributed by atoms with E-state index < -0.39 is 0 Å². The third kappa shape index (κ3) is 1.05. The predicted molar refractivity (Wildman–Crippen MR) is 43.1 cm³/mol. The van der Waals surface area contributed by atoms with E-state index in [9.17, 15) is 4.79 Å². The fraction of sp³-hybridized carbons (Fsp3) is 0.889. The van der Waals surface area contributed by atoms with Crippen molar-refractivity contribution in [1.82, 2.24) is 5.32 Å². The number of nitrogens with one attached hydrogen (secondary N) is 1. The molecule has 2 heteroatoms. The Morgan fingerprint density at radius 3 is 3.09 bits per heavy atom. The summed E-state index contributed by atoms with van der Waals surface area (Å²) < 4.78 is 0. The van der Waals surface area contributed by atoms with Gasteiger partial charge in [0.2, 0.25) is 5.91 Å². The zero-order chi connectivity index (χ0) is 7.90. The Balaban J connectivity index is 2.17. The van der Waals surface area contributed by atoms with Crippen molar-refractivity contribution < 1.29 is 4.79 Å². The SMILES string of the molecule is CC12CCCCC1NC(=O)C2. The Morgan fingerprint density at radius 2 is 2.36 bits per heavy atom. The quantitative estimate of drug-likeness (QED) is 0.560. The largest absolute Gasteiger partial charge is 0.353 e. The van der Waals surface area contributed by atoms with Gasteiger partial charge in [0.25, 0.3) is 0 Å². The number of carbonyl (C=O) groups excluding carboxylic acids is 1. The molecule has 2 aliphatic rings. The van der Waals surface area contributed by atoms with E-state index in [-0.39, 0.29) is 5.91 Å². The zero-order valence-electron chi connectivity index (χ0n) is 7.02. The fourth-order valence-electron chi connectivity index (χ4n) is 2.47. The van der Waals surface area contributed by atoms with E-state index in [0.717, 1.165) is 6.42 Å². The lowest BCUT2D eigenvalue weighted by molar-refractivity contribution is -0.119. The van der Waals surface area contributed by atoms with Crippen molar-refractivity contribution in [1.29, 1.82) is 0 Å². The second-order valence-electron chi connectivity index (χ2n) is 4.20. The van der Waals surface area contributed by atoms with Gasteiger partial charge in [-0.25, -0.2) is 0 Å². The molecular weight excluding hydrogens is 138 g/mol. The first kappa shape index (κ1) is 7.14. The molecule has 1 saturated heterocycles. The number of carbonyl (C=O) groups is 1.